The normalized spacial score (nSPS) is 23.5. The summed E-state index contributed by atoms with van der Waals surface area (Å²) in [6.07, 6.45) is 3.19. The van der Waals surface area contributed by atoms with Crippen molar-refractivity contribution in [2.45, 2.75) is 31.1 Å². The molecular formula is C19H22FN3O3S. The van der Waals surface area contributed by atoms with Gasteiger partial charge in [-0.25, -0.2) is 12.8 Å². The highest BCUT2D eigenvalue weighted by Gasteiger charge is 2.49. The molecule has 1 aliphatic rings. The fraction of sp³-hybridized carbons (Fsp3) is 0.368. The first-order valence-corrected chi connectivity index (χ1v) is 10.0. The van der Waals surface area contributed by atoms with Gasteiger partial charge in [0.1, 0.15) is 27.7 Å². The predicted octanol–water partition coefficient (Wildman–Crippen LogP) is 2.68. The van der Waals surface area contributed by atoms with Crippen molar-refractivity contribution in [2.75, 3.05) is 12.9 Å². The van der Waals surface area contributed by atoms with Crippen molar-refractivity contribution in [1.29, 1.82) is 0 Å². The van der Waals surface area contributed by atoms with Crippen molar-refractivity contribution in [2.24, 2.45) is 10.7 Å². The molecule has 1 atom stereocenters. The quantitative estimate of drug-likeness (QED) is 0.868. The molecule has 6 nitrogen and oxygen atoms in total. The largest absolute Gasteiger partial charge is 0.495 e. The highest BCUT2D eigenvalue weighted by molar-refractivity contribution is 7.93. The van der Waals surface area contributed by atoms with E-state index >= 15 is 0 Å². The van der Waals surface area contributed by atoms with Gasteiger partial charge in [-0.05, 0) is 44.5 Å². The number of ether oxygens (including phenoxy) is 1. The molecule has 1 aromatic heterocycles. The third-order valence-corrected chi connectivity index (χ3v) is 7.77. The summed E-state index contributed by atoms with van der Waals surface area (Å²) < 4.78 is 44.1. The second-order valence-electron chi connectivity index (χ2n) is 7.35. The van der Waals surface area contributed by atoms with Gasteiger partial charge in [0.15, 0.2) is 9.84 Å². The number of amidine groups is 1. The lowest BCUT2D eigenvalue weighted by Crippen LogP contribution is -2.54. The van der Waals surface area contributed by atoms with Crippen LogP contribution in [0, 0.1) is 5.82 Å². The molecule has 0 amide bonds. The SMILES string of the molecule is COc1cncc(-c2ccc(F)c(C3(C)CS(=O)(=O)C(C)(C)C(N)=N3)c2)c1. The summed E-state index contributed by atoms with van der Waals surface area (Å²) >= 11 is 0. The first kappa shape index (κ1) is 19.3. The van der Waals surface area contributed by atoms with Crippen LogP contribution in [0.1, 0.15) is 26.3 Å². The third kappa shape index (κ3) is 3.18. The lowest BCUT2D eigenvalue weighted by atomic mass is 9.90. The number of halogens is 1. The number of methoxy groups -OCH3 is 1. The van der Waals surface area contributed by atoms with Crippen LogP contribution in [0.25, 0.3) is 11.1 Å². The van der Waals surface area contributed by atoms with Crippen molar-refractivity contribution >= 4 is 15.7 Å². The molecule has 0 radical (unpaired) electrons. The highest BCUT2D eigenvalue weighted by atomic mass is 32.2. The summed E-state index contributed by atoms with van der Waals surface area (Å²) in [6.45, 7) is 4.60. The fourth-order valence-electron chi connectivity index (χ4n) is 3.09. The standard InChI is InChI=1S/C19H22FN3O3S/c1-18(2)17(21)23-19(3,11-27(18,24)25)15-8-12(5-6-16(15)20)13-7-14(26-4)10-22-9-13/h5-10H,11H2,1-4H3,(H2,21,23). The zero-order valence-electron chi connectivity index (χ0n) is 15.7. The van der Waals surface area contributed by atoms with Crippen LogP contribution in [-0.4, -0.2) is 36.8 Å². The Morgan fingerprint density at radius 1 is 1.15 bits per heavy atom. The third-order valence-electron chi connectivity index (χ3n) is 5.06. The Balaban J connectivity index is 2.16. The van der Waals surface area contributed by atoms with Gasteiger partial charge in [0.25, 0.3) is 0 Å². The Kier molecular flexibility index (Phi) is 4.50. The van der Waals surface area contributed by atoms with Crippen molar-refractivity contribution in [1.82, 2.24) is 4.98 Å². The maximum atomic E-state index is 14.7. The molecule has 2 aromatic rings. The van der Waals surface area contributed by atoms with Gasteiger partial charge >= 0.3 is 0 Å². The number of sulfone groups is 1. The summed E-state index contributed by atoms with van der Waals surface area (Å²) in [4.78, 5) is 8.50. The van der Waals surface area contributed by atoms with E-state index in [1.54, 1.807) is 37.5 Å². The first-order chi connectivity index (χ1) is 12.5. The average molecular weight is 391 g/mol. The van der Waals surface area contributed by atoms with Gasteiger partial charge in [0.2, 0.25) is 0 Å². The van der Waals surface area contributed by atoms with E-state index in [1.807, 2.05) is 0 Å². The molecule has 2 N–H and O–H groups in total. The monoisotopic (exact) mass is 391 g/mol. The van der Waals surface area contributed by atoms with E-state index in [-0.39, 0.29) is 17.2 Å². The smallest absolute Gasteiger partial charge is 0.165 e. The molecule has 8 heteroatoms. The number of hydrogen-bond donors (Lipinski definition) is 1. The number of aliphatic imine (C=N–C) groups is 1. The Hall–Kier alpha value is -2.48. The van der Waals surface area contributed by atoms with Crippen molar-refractivity contribution in [3.05, 3.63) is 48.0 Å². The number of benzene rings is 1. The molecule has 0 saturated carbocycles. The predicted molar refractivity (Wildman–Crippen MR) is 103 cm³/mol. The number of hydrogen-bond acceptors (Lipinski definition) is 6. The summed E-state index contributed by atoms with van der Waals surface area (Å²) in [5, 5.41) is 0. The maximum Gasteiger partial charge on any atom is 0.165 e. The Morgan fingerprint density at radius 3 is 2.48 bits per heavy atom. The van der Waals surface area contributed by atoms with E-state index in [2.05, 4.69) is 9.98 Å². The topological polar surface area (TPSA) is 94.6 Å². The summed E-state index contributed by atoms with van der Waals surface area (Å²) in [7, 11) is -2.09. The number of nitrogens with zero attached hydrogens (tertiary/aromatic N) is 2. The second-order valence-corrected chi connectivity index (χ2v) is 9.89. The minimum absolute atomic E-state index is 0.0240. The van der Waals surface area contributed by atoms with Gasteiger partial charge in [-0.15, -0.1) is 0 Å². The molecule has 1 aliphatic heterocycles. The van der Waals surface area contributed by atoms with E-state index in [9.17, 15) is 12.8 Å². The highest BCUT2D eigenvalue weighted by Crippen LogP contribution is 2.39. The lowest BCUT2D eigenvalue weighted by Gasteiger charge is -2.38. The van der Waals surface area contributed by atoms with Crippen molar-refractivity contribution < 1.29 is 17.5 Å². The second kappa shape index (κ2) is 6.30. The van der Waals surface area contributed by atoms with Crippen LogP contribution in [0.15, 0.2) is 41.7 Å². The molecule has 27 heavy (non-hydrogen) atoms. The first-order valence-electron chi connectivity index (χ1n) is 8.38. The van der Waals surface area contributed by atoms with Crippen LogP contribution in [-0.2, 0) is 15.4 Å². The van der Waals surface area contributed by atoms with Gasteiger partial charge in [-0.2, -0.15) is 0 Å². The molecule has 3 rings (SSSR count). The van der Waals surface area contributed by atoms with Crippen molar-refractivity contribution in [3.8, 4) is 16.9 Å². The number of rotatable bonds is 3. The van der Waals surface area contributed by atoms with Crippen LogP contribution in [0.5, 0.6) is 5.75 Å². The van der Waals surface area contributed by atoms with Gasteiger partial charge in [-0.3, -0.25) is 9.98 Å². The fourth-order valence-corrected chi connectivity index (χ4v) is 4.77. The van der Waals surface area contributed by atoms with Crippen molar-refractivity contribution in [3.63, 3.8) is 0 Å². The zero-order chi connectivity index (χ0) is 20.0. The molecule has 0 fully saturated rings. The number of pyridine rings is 1. The Labute approximate surface area is 158 Å². The molecule has 1 aromatic carbocycles. The number of aromatic nitrogens is 1. The molecule has 0 saturated heterocycles. The van der Waals surface area contributed by atoms with Crippen LogP contribution < -0.4 is 10.5 Å². The summed E-state index contributed by atoms with van der Waals surface area (Å²) in [5.74, 6) is -0.328. The summed E-state index contributed by atoms with van der Waals surface area (Å²) in [6, 6.07) is 6.27. The molecule has 1 unspecified atom stereocenters. The van der Waals surface area contributed by atoms with E-state index in [0.29, 0.717) is 11.3 Å². The van der Waals surface area contributed by atoms with Gasteiger partial charge < -0.3 is 10.5 Å². The number of nitrogens with two attached hydrogens (primary N) is 1. The molecule has 144 valence electrons. The van der Waals surface area contributed by atoms with Gasteiger partial charge in [0.05, 0.1) is 19.1 Å². The molecule has 0 aliphatic carbocycles. The van der Waals surface area contributed by atoms with E-state index in [0.717, 1.165) is 5.56 Å². The lowest BCUT2D eigenvalue weighted by molar-refractivity contribution is 0.413. The minimum Gasteiger partial charge on any atom is -0.495 e. The molecular weight excluding hydrogens is 369 g/mol. The van der Waals surface area contributed by atoms with E-state index in [4.69, 9.17) is 10.5 Å². The Morgan fingerprint density at radius 2 is 1.85 bits per heavy atom. The molecule has 0 bridgehead atoms. The minimum atomic E-state index is -3.63. The van der Waals surface area contributed by atoms with Crippen LogP contribution in [0.4, 0.5) is 4.39 Å². The van der Waals surface area contributed by atoms with Gasteiger partial charge in [-0.1, -0.05) is 6.07 Å². The Bertz CT molecular complexity index is 1030. The van der Waals surface area contributed by atoms with E-state index < -0.39 is 25.9 Å². The molecule has 0 spiro atoms. The zero-order valence-corrected chi connectivity index (χ0v) is 16.5. The van der Waals surface area contributed by atoms with E-state index in [1.165, 1.54) is 27.0 Å². The maximum absolute atomic E-state index is 14.7. The van der Waals surface area contributed by atoms with Gasteiger partial charge in [0, 0.05) is 17.3 Å². The van der Waals surface area contributed by atoms with Crippen LogP contribution in [0.3, 0.4) is 0 Å². The van der Waals surface area contributed by atoms with Crippen LogP contribution >= 0.6 is 0 Å². The summed E-state index contributed by atoms with van der Waals surface area (Å²) in [5.41, 5.74) is 6.21. The van der Waals surface area contributed by atoms with Crippen LogP contribution in [0.2, 0.25) is 0 Å². The average Bonchev–Trinajstić information content (AvgIpc) is 2.60. The molecule has 2 heterocycles.